The van der Waals surface area contributed by atoms with Crippen LogP contribution in [-0.4, -0.2) is 10.2 Å². The lowest BCUT2D eigenvalue weighted by Crippen LogP contribution is -1.87. The van der Waals surface area contributed by atoms with Crippen molar-refractivity contribution in [3.8, 4) is 11.5 Å². The Morgan fingerprint density at radius 3 is 2.59 bits per heavy atom. The lowest BCUT2D eigenvalue weighted by molar-refractivity contribution is 0.116. The highest BCUT2D eigenvalue weighted by Crippen LogP contribution is 2.24. The molecule has 0 fully saturated rings. The molecule has 0 bridgehead atoms. The van der Waals surface area contributed by atoms with Crippen LogP contribution in [0.5, 0.6) is 0 Å². The van der Waals surface area contributed by atoms with Crippen molar-refractivity contribution in [3.63, 3.8) is 0 Å². The van der Waals surface area contributed by atoms with Gasteiger partial charge >= 0.3 is 6.43 Å². The van der Waals surface area contributed by atoms with Crippen molar-refractivity contribution in [2.75, 3.05) is 0 Å². The summed E-state index contributed by atoms with van der Waals surface area (Å²) < 4.78 is 29.5. The normalized spacial score (nSPS) is 11.1. The summed E-state index contributed by atoms with van der Waals surface area (Å²) in [4.78, 5) is 0. The van der Waals surface area contributed by atoms with Gasteiger partial charge in [-0.2, -0.15) is 8.78 Å². The molecule has 3 nitrogen and oxygen atoms in total. The molecule has 5 heteroatoms. The molecule has 1 aromatic heterocycles. The van der Waals surface area contributed by atoms with Crippen LogP contribution in [0.1, 0.15) is 30.4 Å². The van der Waals surface area contributed by atoms with E-state index in [9.17, 15) is 8.78 Å². The smallest absolute Gasteiger partial charge is 0.314 e. The molecule has 0 spiro atoms. The molecule has 2 rings (SSSR count). The minimum atomic E-state index is -2.73. The third-order valence-corrected chi connectivity index (χ3v) is 2.60. The summed E-state index contributed by atoms with van der Waals surface area (Å²) >= 11 is 0. The Bertz CT molecular complexity index is 523. The first-order valence-electron chi connectivity index (χ1n) is 5.33. The fourth-order valence-electron chi connectivity index (χ4n) is 1.67. The zero-order valence-electron chi connectivity index (χ0n) is 9.58. The molecule has 17 heavy (non-hydrogen) atoms. The Morgan fingerprint density at radius 2 is 2.06 bits per heavy atom. The molecule has 0 radical (unpaired) electrons. The summed E-state index contributed by atoms with van der Waals surface area (Å²) in [6, 6.07) is 5.60. The minimum absolute atomic E-state index is 0.131. The quantitative estimate of drug-likeness (QED) is 0.820. The fourth-order valence-corrected chi connectivity index (χ4v) is 1.67. The summed E-state index contributed by atoms with van der Waals surface area (Å²) in [5.74, 6) is -0.511. The summed E-state index contributed by atoms with van der Waals surface area (Å²) in [5.41, 5.74) is 2.96. The second-order valence-corrected chi connectivity index (χ2v) is 3.74. The lowest BCUT2D eigenvalue weighted by Gasteiger charge is -2.03. The first-order valence-corrected chi connectivity index (χ1v) is 5.33. The SMILES string of the molecule is CCc1ccc(-c2nnc(C(F)F)o2)cc1C. The molecule has 0 saturated carbocycles. The van der Waals surface area contributed by atoms with E-state index in [1.54, 1.807) is 6.07 Å². The third-order valence-electron chi connectivity index (χ3n) is 2.60. The molecule has 1 heterocycles. The van der Waals surface area contributed by atoms with Crippen LogP contribution in [0.15, 0.2) is 22.6 Å². The van der Waals surface area contributed by atoms with Crippen LogP contribution < -0.4 is 0 Å². The van der Waals surface area contributed by atoms with E-state index >= 15 is 0 Å². The highest BCUT2D eigenvalue weighted by molar-refractivity contribution is 5.55. The molecule has 1 aromatic carbocycles. The van der Waals surface area contributed by atoms with E-state index in [2.05, 4.69) is 17.1 Å². The zero-order chi connectivity index (χ0) is 12.4. The average Bonchev–Trinajstić information content (AvgIpc) is 2.78. The van der Waals surface area contributed by atoms with Crippen LogP contribution in [0.4, 0.5) is 8.78 Å². The van der Waals surface area contributed by atoms with Crippen molar-refractivity contribution < 1.29 is 13.2 Å². The van der Waals surface area contributed by atoms with Gasteiger partial charge in [0.25, 0.3) is 5.89 Å². The van der Waals surface area contributed by atoms with Crippen LogP contribution >= 0.6 is 0 Å². The van der Waals surface area contributed by atoms with E-state index in [4.69, 9.17) is 4.42 Å². The molecule has 0 aliphatic rings. The van der Waals surface area contributed by atoms with Crippen molar-refractivity contribution in [2.45, 2.75) is 26.7 Å². The van der Waals surface area contributed by atoms with Crippen LogP contribution in [0.25, 0.3) is 11.5 Å². The molecule has 0 unspecified atom stereocenters. The van der Waals surface area contributed by atoms with Gasteiger partial charge in [-0.25, -0.2) is 0 Å². The predicted molar refractivity (Wildman–Crippen MR) is 58.8 cm³/mol. The van der Waals surface area contributed by atoms with Gasteiger partial charge in [0, 0.05) is 5.56 Å². The largest absolute Gasteiger partial charge is 0.415 e. The Labute approximate surface area is 97.5 Å². The van der Waals surface area contributed by atoms with Crippen molar-refractivity contribution in [3.05, 3.63) is 35.2 Å². The van der Waals surface area contributed by atoms with Crippen LogP contribution in [0.3, 0.4) is 0 Å². The van der Waals surface area contributed by atoms with Gasteiger partial charge in [0.2, 0.25) is 5.89 Å². The standard InChI is InChI=1S/C12H12F2N2O/c1-3-8-4-5-9(6-7(8)2)11-15-16-12(17-11)10(13)14/h4-6,10H,3H2,1-2H3. The number of benzene rings is 1. The first-order chi connectivity index (χ1) is 8.11. The van der Waals surface area contributed by atoms with Crippen molar-refractivity contribution >= 4 is 0 Å². The van der Waals surface area contributed by atoms with Gasteiger partial charge in [0.15, 0.2) is 0 Å². The number of aryl methyl sites for hydroxylation is 2. The molecule has 2 aromatic rings. The topological polar surface area (TPSA) is 38.9 Å². The average molecular weight is 238 g/mol. The zero-order valence-corrected chi connectivity index (χ0v) is 9.58. The molecule has 0 saturated heterocycles. The van der Waals surface area contributed by atoms with Gasteiger partial charge in [-0.05, 0) is 36.6 Å². The number of nitrogens with zero attached hydrogens (tertiary/aromatic N) is 2. The van der Waals surface area contributed by atoms with Gasteiger partial charge in [-0.15, -0.1) is 10.2 Å². The number of rotatable bonds is 3. The van der Waals surface area contributed by atoms with Gasteiger partial charge in [0.1, 0.15) is 0 Å². The Morgan fingerprint density at radius 1 is 1.29 bits per heavy atom. The first kappa shape index (κ1) is 11.7. The molecule has 0 amide bonds. The maximum Gasteiger partial charge on any atom is 0.314 e. The monoisotopic (exact) mass is 238 g/mol. The second kappa shape index (κ2) is 4.61. The third kappa shape index (κ3) is 2.33. The summed E-state index contributed by atoms with van der Waals surface area (Å²) in [6.07, 6.45) is -1.80. The molecule has 0 N–H and O–H groups in total. The van der Waals surface area contributed by atoms with E-state index in [1.165, 1.54) is 5.56 Å². The van der Waals surface area contributed by atoms with Crippen molar-refractivity contribution in [1.82, 2.24) is 10.2 Å². The Balaban J connectivity index is 2.36. The molecule has 0 aliphatic carbocycles. The van der Waals surface area contributed by atoms with Gasteiger partial charge in [-0.1, -0.05) is 13.0 Å². The number of hydrogen-bond donors (Lipinski definition) is 0. The lowest BCUT2D eigenvalue weighted by atomic mass is 10.0. The summed E-state index contributed by atoms with van der Waals surface area (Å²) in [7, 11) is 0. The van der Waals surface area contributed by atoms with Gasteiger partial charge in [0.05, 0.1) is 0 Å². The Hall–Kier alpha value is -1.78. The fraction of sp³-hybridized carbons (Fsp3) is 0.333. The Kier molecular flexibility index (Phi) is 3.17. The maximum absolute atomic E-state index is 12.3. The minimum Gasteiger partial charge on any atom is -0.415 e. The summed E-state index contributed by atoms with van der Waals surface area (Å²) in [6.45, 7) is 4.02. The maximum atomic E-state index is 12.3. The number of halogens is 2. The predicted octanol–water partition coefficient (Wildman–Crippen LogP) is 3.55. The van der Waals surface area contributed by atoms with E-state index < -0.39 is 12.3 Å². The molecule has 90 valence electrons. The van der Waals surface area contributed by atoms with E-state index in [1.807, 2.05) is 19.1 Å². The highest BCUT2D eigenvalue weighted by Gasteiger charge is 2.17. The molecule has 0 atom stereocenters. The van der Waals surface area contributed by atoms with Crippen LogP contribution in [-0.2, 0) is 6.42 Å². The van der Waals surface area contributed by atoms with Crippen molar-refractivity contribution in [1.29, 1.82) is 0 Å². The van der Waals surface area contributed by atoms with E-state index in [0.29, 0.717) is 5.56 Å². The molecule has 0 aliphatic heterocycles. The van der Waals surface area contributed by atoms with Gasteiger partial charge < -0.3 is 4.42 Å². The van der Waals surface area contributed by atoms with Crippen LogP contribution in [0.2, 0.25) is 0 Å². The van der Waals surface area contributed by atoms with E-state index in [0.717, 1.165) is 12.0 Å². The number of alkyl halides is 2. The summed E-state index contributed by atoms with van der Waals surface area (Å²) in [5, 5.41) is 6.91. The number of hydrogen-bond acceptors (Lipinski definition) is 3. The molecular weight excluding hydrogens is 226 g/mol. The van der Waals surface area contributed by atoms with Crippen molar-refractivity contribution in [2.24, 2.45) is 0 Å². The molecular formula is C12H12F2N2O. The number of aromatic nitrogens is 2. The second-order valence-electron chi connectivity index (χ2n) is 3.74. The van der Waals surface area contributed by atoms with E-state index in [-0.39, 0.29) is 5.89 Å². The van der Waals surface area contributed by atoms with Crippen LogP contribution in [0, 0.1) is 6.92 Å². The highest BCUT2D eigenvalue weighted by atomic mass is 19.3. The van der Waals surface area contributed by atoms with Gasteiger partial charge in [-0.3, -0.25) is 0 Å².